The molecule has 2 aromatic rings. The molecule has 6 heteroatoms. The number of rotatable bonds is 9. The molecule has 1 aliphatic rings. The molecule has 0 N–H and O–H groups in total. The highest BCUT2D eigenvalue weighted by molar-refractivity contribution is 5.82. The highest BCUT2D eigenvalue weighted by Crippen LogP contribution is 2.30. The van der Waals surface area contributed by atoms with E-state index in [4.69, 9.17) is 9.57 Å². The van der Waals surface area contributed by atoms with Gasteiger partial charge in [0.15, 0.2) is 0 Å². The van der Waals surface area contributed by atoms with E-state index >= 15 is 0 Å². The summed E-state index contributed by atoms with van der Waals surface area (Å²) >= 11 is 0. The lowest BCUT2D eigenvalue weighted by atomic mass is 9.88. The predicted octanol–water partition coefficient (Wildman–Crippen LogP) is 4.83. The first-order valence-electron chi connectivity index (χ1n) is 10.7. The molecule has 164 valence electrons. The molecule has 2 atom stereocenters. The quantitative estimate of drug-likeness (QED) is 0.429. The zero-order chi connectivity index (χ0) is 22.1. The number of hydrogen-bond acceptors (Lipinski definition) is 5. The van der Waals surface area contributed by atoms with E-state index in [1.807, 2.05) is 67.6 Å². The van der Waals surface area contributed by atoms with Gasteiger partial charge in [-0.2, -0.15) is 0 Å². The molecule has 1 aliphatic heterocycles. The Morgan fingerprint density at radius 2 is 1.42 bits per heavy atom. The monoisotopic (exact) mass is 422 g/mol. The van der Waals surface area contributed by atoms with E-state index in [9.17, 15) is 9.59 Å². The van der Waals surface area contributed by atoms with E-state index in [0.717, 1.165) is 16.8 Å². The third-order valence-corrected chi connectivity index (χ3v) is 5.44. The van der Waals surface area contributed by atoms with Crippen LogP contribution in [0, 0.1) is 11.8 Å². The van der Waals surface area contributed by atoms with E-state index < -0.39 is 0 Å². The normalized spacial score (nSPS) is 18.6. The lowest BCUT2D eigenvalue weighted by Crippen LogP contribution is -2.29. The number of hydrogen-bond donors (Lipinski definition) is 0. The smallest absolute Gasteiger partial charge is 0.410 e. The molecule has 1 fully saturated rings. The first-order valence-corrected chi connectivity index (χ1v) is 10.7. The molecule has 31 heavy (non-hydrogen) atoms. The Kier molecular flexibility index (Phi) is 8.21. The summed E-state index contributed by atoms with van der Waals surface area (Å²) < 4.78 is 5.48. The van der Waals surface area contributed by atoms with Crippen LogP contribution in [0.4, 0.5) is 4.79 Å². The maximum Gasteiger partial charge on any atom is 0.410 e. The van der Waals surface area contributed by atoms with Crippen LogP contribution in [0.1, 0.15) is 37.8 Å². The molecule has 3 rings (SSSR count). The van der Waals surface area contributed by atoms with Crippen molar-refractivity contribution in [2.75, 3.05) is 13.1 Å². The van der Waals surface area contributed by atoms with E-state index in [1.165, 1.54) is 0 Å². The molecule has 0 radical (unpaired) electrons. The average molecular weight is 423 g/mol. The van der Waals surface area contributed by atoms with Crippen LogP contribution in [-0.4, -0.2) is 35.6 Å². The number of ether oxygens (including phenoxy) is 1. The fraction of sp³-hybridized carbons (Fsp3) is 0.400. The largest absolute Gasteiger partial charge is 0.445 e. The van der Waals surface area contributed by atoms with Gasteiger partial charge in [-0.1, -0.05) is 65.8 Å². The van der Waals surface area contributed by atoms with Crippen molar-refractivity contribution < 1.29 is 19.2 Å². The summed E-state index contributed by atoms with van der Waals surface area (Å²) in [6.07, 6.45) is 0.787. The van der Waals surface area contributed by atoms with Crippen LogP contribution in [0.15, 0.2) is 65.8 Å². The minimum atomic E-state index is -0.338. The van der Waals surface area contributed by atoms with Gasteiger partial charge in [-0.05, 0) is 43.2 Å². The zero-order valence-corrected chi connectivity index (χ0v) is 18.2. The number of likely N-dealkylation sites (tertiary alicyclic amines) is 1. The third-order valence-electron chi connectivity index (χ3n) is 5.44. The fourth-order valence-corrected chi connectivity index (χ4v) is 3.94. The summed E-state index contributed by atoms with van der Waals surface area (Å²) in [6, 6.07) is 19.5. The van der Waals surface area contributed by atoms with Crippen LogP contribution < -0.4 is 0 Å². The third kappa shape index (κ3) is 7.24. The van der Waals surface area contributed by atoms with Crippen LogP contribution in [0.25, 0.3) is 0 Å². The molecule has 1 amide bonds. The number of carbonyl (C=O) groups excluding carboxylic acids is 2. The van der Waals surface area contributed by atoms with Crippen molar-refractivity contribution in [1.29, 1.82) is 0 Å². The van der Waals surface area contributed by atoms with Crippen molar-refractivity contribution >= 4 is 17.6 Å². The molecule has 0 unspecified atom stereocenters. The van der Waals surface area contributed by atoms with E-state index in [-0.39, 0.29) is 30.3 Å². The fourth-order valence-electron chi connectivity index (χ4n) is 3.94. The van der Waals surface area contributed by atoms with Crippen LogP contribution in [-0.2, 0) is 27.6 Å². The Morgan fingerprint density at radius 3 is 2.00 bits per heavy atom. The summed E-state index contributed by atoms with van der Waals surface area (Å²) in [7, 11) is 0. The molecule has 1 heterocycles. The van der Waals surface area contributed by atoms with Gasteiger partial charge in [0.2, 0.25) is 0 Å². The maximum atomic E-state index is 12.6. The molecular formula is C25H30N2O4. The second-order valence-corrected chi connectivity index (χ2v) is 8.16. The van der Waals surface area contributed by atoms with Crippen LogP contribution in [0.5, 0.6) is 0 Å². The van der Waals surface area contributed by atoms with Crippen LogP contribution in [0.3, 0.4) is 0 Å². The van der Waals surface area contributed by atoms with E-state index in [0.29, 0.717) is 32.5 Å². The predicted molar refractivity (Wildman–Crippen MR) is 119 cm³/mol. The Labute approximate surface area is 183 Å². The summed E-state index contributed by atoms with van der Waals surface area (Å²) in [5, 5.41) is 4.24. The topological polar surface area (TPSA) is 68.2 Å². The zero-order valence-electron chi connectivity index (χ0n) is 18.2. The number of carbonyl (C=O) groups is 2. The van der Waals surface area contributed by atoms with Crippen molar-refractivity contribution in [3.63, 3.8) is 0 Å². The molecule has 0 aliphatic carbocycles. The van der Waals surface area contributed by atoms with E-state index in [1.54, 1.807) is 11.8 Å². The van der Waals surface area contributed by atoms with Gasteiger partial charge in [0, 0.05) is 19.5 Å². The molecule has 0 aromatic heterocycles. The molecule has 0 saturated carbocycles. The van der Waals surface area contributed by atoms with Crippen molar-refractivity contribution in [2.24, 2.45) is 17.0 Å². The Hall–Kier alpha value is -3.15. The minimum absolute atomic E-state index is 0.0982. The molecule has 6 nitrogen and oxygen atoms in total. The van der Waals surface area contributed by atoms with Gasteiger partial charge in [0.25, 0.3) is 0 Å². The summed E-state index contributed by atoms with van der Waals surface area (Å²) in [6.45, 7) is 5.25. The maximum absolute atomic E-state index is 12.6. The Bertz CT molecular complexity index is 883. The Morgan fingerprint density at radius 1 is 0.871 bits per heavy atom. The van der Waals surface area contributed by atoms with Gasteiger partial charge in [-0.15, -0.1) is 0 Å². The number of ketones is 1. The molecular weight excluding hydrogens is 392 g/mol. The van der Waals surface area contributed by atoms with Gasteiger partial charge in [-0.25, -0.2) is 4.79 Å². The van der Waals surface area contributed by atoms with Crippen LogP contribution in [0.2, 0.25) is 0 Å². The van der Waals surface area contributed by atoms with E-state index in [2.05, 4.69) is 5.16 Å². The molecule has 0 spiro atoms. The number of amides is 1. The van der Waals surface area contributed by atoms with Gasteiger partial charge >= 0.3 is 6.09 Å². The second kappa shape index (κ2) is 11.3. The Balaban J connectivity index is 1.54. The van der Waals surface area contributed by atoms with Gasteiger partial charge in [-0.3, -0.25) is 0 Å². The van der Waals surface area contributed by atoms with Crippen molar-refractivity contribution in [1.82, 2.24) is 4.90 Å². The molecule has 2 aromatic carbocycles. The van der Waals surface area contributed by atoms with Gasteiger partial charge < -0.3 is 19.3 Å². The highest BCUT2D eigenvalue weighted by atomic mass is 16.6. The standard InChI is InChI=1S/C25H30N2O4/c1-19(26-31-18-22-11-7-4-8-12-22)13-23-15-27(16-24(23)14-20(2)28)25(29)30-17-21-9-5-3-6-10-21/h3-12,23-24H,13-18H2,1-2H3/b26-19-/t23-,24-/m1/s1. The van der Waals surface area contributed by atoms with Crippen molar-refractivity contribution in [3.05, 3.63) is 71.8 Å². The highest BCUT2D eigenvalue weighted by Gasteiger charge is 2.36. The van der Waals surface area contributed by atoms with Gasteiger partial charge in [0.05, 0.1) is 5.71 Å². The minimum Gasteiger partial charge on any atom is -0.445 e. The summed E-state index contributed by atoms with van der Waals surface area (Å²) in [5.41, 5.74) is 2.86. The number of Topliss-reactive ketones (excluding diaryl/α,β-unsaturated/α-hetero) is 1. The summed E-state index contributed by atoms with van der Waals surface area (Å²) in [5.74, 6) is 0.378. The second-order valence-electron chi connectivity index (χ2n) is 8.16. The first kappa shape index (κ1) is 22.5. The number of nitrogens with zero attached hydrogens (tertiary/aromatic N) is 2. The first-order chi connectivity index (χ1) is 15.0. The number of benzene rings is 2. The lowest BCUT2D eigenvalue weighted by molar-refractivity contribution is -0.118. The summed E-state index contributed by atoms with van der Waals surface area (Å²) in [4.78, 5) is 31.5. The van der Waals surface area contributed by atoms with Crippen molar-refractivity contribution in [3.8, 4) is 0 Å². The lowest BCUT2D eigenvalue weighted by Gasteiger charge is -2.16. The van der Waals surface area contributed by atoms with Gasteiger partial charge in [0.1, 0.15) is 19.0 Å². The van der Waals surface area contributed by atoms with Crippen LogP contribution >= 0.6 is 0 Å². The SMILES string of the molecule is CC(=O)C[C@@H]1CN(C(=O)OCc2ccccc2)C[C@H]1C/C(C)=N\OCc1ccccc1. The molecule has 0 bridgehead atoms. The average Bonchev–Trinajstić information content (AvgIpc) is 3.15. The van der Waals surface area contributed by atoms with Crippen molar-refractivity contribution in [2.45, 2.75) is 39.9 Å². The number of oxime groups is 1. The molecule has 1 saturated heterocycles.